The Labute approximate surface area is 198 Å². The zero-order valence-electron chi connectivity index (χ0n) is 18.9. The van der Waals surface area contributed by atoms with Gasteiger partial charge in [0, 0.05) is 0 Å². The predicted octanol–water partition coefficient (Wildman–Crippen LogP) is 4.50. The molecule has 0 heterocycles. The van der Waals surface area contributed by atoms with Crippen LogP contribution in [-0.4, -0.2) is 25.5 Å². The van der Waals surface area contributed by atoms with Crippen LogP contribution in [0.15, 0.2) is 84.4 Å². The summed E-state index contributed by atoms with van der Waals surface area (Å²) in [5.74, 6) is 0.257. The Morgan fingerprint density at radius 3 is 2.35 bits per heavy atom. The van der Waals surface area contributed by atoms with Crippen molar-refractivity contribution in [3.63, 3.8) is 0 Å². The topological polar surface area (TPSA) is 100 Å². The molecular formula is C27H25N3O4. The van der Waals surface area contributed by atoms with Gasteiger partial charge in [0.25, 0.3) is 11.8 Å². The Morgan fingerprint density at radius 1 is 1.00 bits per heavy atom. The van der Waals surface area contributed by atoms with Crippen LogP contribution < -0.4 is 20.1 Å². The van der Waals surface area contributed by atoms with E-state index in [2.05, 4.69) is 10.6 Å². The van der Waals surface area contributed by atoms with E-state index in [9.17, 15) is 14.9 Å². The van der Waals surface area contributed by atoms with Gasteiger partial charge in [0.2, 0.25) is 0 Å². The first-order valence-electron chi connectivity index (χ1n) is 10.6. The maximum atomic E-state index is 12.5. The molecule has 172 valence electrons. The van der Waals surface area contributed by atoms with Gasteiger partial charge in [0.05, 0.1) is 18.8 Å². The highest BCUT2D eigenvalue weighted by Crippen LogP contribution is 2.23. The number of amides is 2. The minimum atomic E-state index is -0.452. The van der Waals surface area contributed by atoms with Gasteiger partial charge < -0.3 is 20.1 Å². The van der Waals surface area contributed by atoms with Crippen LogP contribution in [0.25, 0.3) is 6.08 Å². The number of rotatable bonds is 9. The van der Waals surface area contributed by atoms with Gasteiger partial charge in [-0.1, -0.05) is 54.6 Å². The van der Waals surface area contributed by atoms with E-state index in [1.165, 1.54) is 13.2 Å². The third-order valence-corrected chi connectivity index (χ3v) is 4.95. The molecule has 7 nitrogen and oxygen atoms in total. The minimum absolute atomic E-state index is 0.00682. The lowest BCUT2D eigenvalue weighted by Crippen LogP contribution is -2.27. The Hall–Kier alpha value is -4.57. The van der Waals surface area contributed by atoms with E-state index in [0.29, 0.717) is 22.7 Å². The number of ether oxygens (including phenoxy) is 2. The third-order valence-electron chi connectivity index (χ3n) is 4.95. The van der Waals surface area contributed by atoms with E-state index < -0.39 is 5.91 Å². The second-order valence-corrected chi connectivity index (χ2v) is 7.38. The highest BCUT2D eigenvalue weighted by molar-refractivity contribution is 6.01. The van der Waals surface area contributed by atoms with Crippen LogP contribution in [0, 0.1) is 11.3 Å². The SMILES string of the molecule is COc1ccccc1NC(=O)COc1ccc(/C=C(\C#N)C(=O)N[C@H](C)c2ccccc2)cc1. The molecule has 7 heteroatoms. The van der Waals surface area contributed by atoms with Crippen molar-refractivity contribution in [3.05, 3.63) is 95.6 Å². The van der Waals surface area contributed by atoms with Crippen molar-refractivity contribution >= 4 is 23.6 Å². The summed E-state index contributed by atoms with van der Waals surface area (Å²) in [5, 5.41) is 15.0. The molecule has 0 saturated heterocycles. The van der Waals surface area contributed by atoms with Crippen molar-refractivity contribution in [1.82, 2.24) is 5.32 Å². The summed E-state index contributed by atoms with van der Waals surface area (Å²) in [6, 6.07) is 25.1. The van der Waals surface area contributed by atoms with Crippen molar-refractivity contribution in [2.75, 3.05) is 19.0 Å². The first-order valence-corrected chi connectivity index (χ1v) is 10.6. The summed E-state index contributed by atoms with van der Waals surface area (Å²) < 4.78 is 10.7. The maximum Gasteiger partial charge on any atom is 0.262 e. The fraction of sp³-hybridized carbons (Fsp3) is 0.148. The van der Waals surface area contributed by atoms with Crippen LogP contribution in [0.4, 0.5) is 5.69 Å². The van der Waals surface area contributed by atoms with Gasteiger partial charge in [0.1, 0.15) is 23.1 Å². The standard InChI is InChI=1S/C27H25N3O4/c1-19(21-8-4-3-5-9-21)29-27(32)22(17-28)16-20-12-14-23(15-13-20)34-18-26(31)30-24-10-6-7-11-25(24)33-2/h3-16,19H,18H2,1-2H3,(H,29,32)(H,30,31)/b22-16+/t19-/m1/s1. The first kappa shape index (κ1) is 24.1. The molecule has 1 atom stereocenters. The van der Waals surface area contributed by atoms with Crippen molar-refractivity contribution in [2.24, 2.45) is 0 Å². The summed E-state index contributed by atoms with van der Waals surface area (Å²) in [5.41, 5.74) is 2.16. The molecule has 0 aliphatic heterocycles. The number of hydrogen-bond acceptors (Lipinski definition) is 5. The molecule has 0 aliphatic carbocycles. The van der Waals surface area contributed by atoms with Gasteiger partial charge in [-0.25, -0.2) is 0 Å². The molecular weight excluding hydrogens is 430 g/mol. The zero-order chi connectivity index (χ0) is 24.3. The Bertz CT molecular complexity index is 1200. The quantitative estimate of drug-likeness (QED) is 0.366. The van der Waals surface area contributed by atoms with Gasteiger partial charge in [0.15, 0.2) is 6.61 Å². The molecule has 0 spiro atoms. The highest BCUT2D eigenvalue weighted by Gasteiger charge is 2.14. The lowest BCUT2D eigenvalue weighted by Gasteiger charge is -2.13. The van der Waals surface area contributed by atoms with Crippen LogP contribution >= 0.6 is 0 Å². The summed E-state index contributed by atoms with van der Waals surface area (Å²) in [6.45, 7) is 1.68. The van der Waals surface area contributed by atoms with Crippen molar-refractivity contribution < 1.29 is 19.1 Å². The average Bonchev–Trinajstić information content (AvgIpc) is 2.87. The van der Waals surface area contributed by atoms with Crippen LogP contribution in [-0.2, 0) is 9.59 Å². The summed E-state index contributed by atoms with van der Waals surface area (Å²) in [7, 11) is 1.53. The maximum absolute atomic E-state index is 12.5. The molecule has 3 rings (SSSR count). The number of hydrogen-bond donors (Lipinski definition) is 2. The fourth-order valence-electron chi connectivity index (χ4n) is 3.16. The molecule has 0 unspecified atom stereocenters. The van der Waals surface area contributed by atoms with Crippen LogP contribution in [0.1, 0.15) is 24.1 Å². The molecule has 0 aliphatic rings. The van der Waals surface area contributed by atoms with Gasteiger partial charge in [-0.05, 0) is 48.4 Å². The summed E-state index contributed by atoms with van der Waals surface area (Å²) in [4.78, 5) is 24.7. The van der Waals surface area contributed by atoms with Gasteiger partial charge in [-0.15, -0.1) is 0 Å². The van der Waals surface area contributed by atoms with Crippen molar-refractivity contribution in [3.8, 4) is 17.6 Å². The second kappa shape index (κ2) is 11.9. The number of anilines is 1. The number of methoxy groups -OCH3 is 1. The lowest BCUT2D eigenvalue weighted by atomic mass is 10.1. The average molecular weight is 456 g/mol. The van der Waals surface area contributed by atoms with E-state index in [-0.39, 0.29) is 24.1 Å². The molecule has 0 saturated carbocycles. The predicted molar refractivity (Wildman–Crippen MR) is 130 cm³/mol. The van der Waals surface area contributed by atoms with E-state index >= 15 is 0 Å². The highest BCUT2D eigenvalue weighted by atomic mass is 16.5. The zero-order valence-corrected chi connectivity index (χ0v) is 18.9. The van der Waals surface area contributed by atoms with Gasteiger partial charge >= 0.3 is 0 Å². The second-order valence-electron chi connectivity index (χ2n) is 7.38. The molecule has 0 fully saturated rings. The van der Waals surface area contributed by atoms with Crippen LogP contribution in [0.3, 0.4) is 0 Å². The lowest BCUT2D eigenvalue weighted by molar-refractivity contribution is -0.118. The number of carbonyl (C=O) groups is 2. The van der Waals surface area contributed by atoms with E-state index in [1.54, 1.807) is 42.5 Å². The molecule has 2 N–H and O–H groups in total. The molecule has 2 amide bonds. The summed E-state index contributed by atoms with van der Waals surface area (Å²) >= 11 is 0. The number of nitriles is 1. The Morgan fingerprint density at radius 2 is 1.68 bits per heavy atom. The van der Waals surface area contributed by atoms with Gasteiger partial charge in [-0.3, -0.25) is 9.59 Å². The number of carbonyl (C=O) groups excluding carboxylic acids is 2. The van der Waals surface area contributed by atoms with Crippen LogP contribution in [0.2, 0.25) is 0 Å². The van der Waals surface area contributed by atoms with Crippen molar-refractivity contribution in [1.29, 1.82) is 5.26 Å². The minimum Gasteiger partial charge on any atom is -0.495 e. The Kier molecular flexibility index (Phi) is 8.42. The molecule has 34 heavy (non-hydrogen) atoms. The molecule has 3 aromatic carbocycles. The third kappa shape index (κ3) is 6.71. The number of nitrogens with one attached hydrogen (secondary N) is 2. The largest absolute Gasteiger partial charge is 0.495 e. The normalized spacial score (nSPS) is 11.6. The Balaban J connectivity index is 1.56. The van der Waals surface area contributed by atoms with Crippen LogP contribution in [0.5, 0.6) is 11.5 Å². The number of para-hydroxylation sites is 2. The molecule has 3 aromatic rings. The van der Waals surface area contributed by atoms with Crippen molar-refractivity contribution in [2.45, 2.75) is 13.0 Å². The number of nitrogens with zero attached hydrogens (tertiary/aromatic N) is 1. The number of benzene rings is 3. The molecule has 0 aromatic heterocycles. The molecule has 0 bridgehead atoms. The van der Waals surface area contributed by atoms with Gasteiger partial charge in [-0.2, -0.15) is 5.26 Å². The fourth-order valence-corrected chi connectivity index (χ4v) is 3.16. The van der Waals surface area contributed by atoms with E-state index in [1.807, 2.05) is 49.4 Å². The monoisotopic (exact) mass is 455 g/mol. The van der Waals surface area contributed by atoms with E-state index in [0.717, 1.165) is 5.56 Å². The van der Waals surface area contributed by atoms with E-state index in [4.69, 9.17) is 9.47 Å². The smallest absolute Gasteiger partial charge is 0.262 e. The first-order chi connectivity index (χ1) is 16.5. The molecule has 0 radical (unpaired) electrons. The summed E-state index contributed by atoms with van der Waals surface area (Å²) in [6.07, 6.45) is 1.51.